The summed E-state index contributed by atoms with van der Waals surface area (Å²) in [6, 6.07) is 0. The van der Waals surface area contributed by atoms with Crippen molar-refractivity contribution in [3.8, 4) is 0 Å². The fourth-order valence-corrected chi connectivity index (χ4v) is 1.90. The molecule has 0 saturated heterocycles. The number of likely N-dealkylation sites (N-methyl/N-ethyl adjacent to an activating group) is 1. The first kappa shape index (κ1) is 18.3. The summed E-state index contributed by atoms with van der Waals surface area (Å²) >= 11 is 0. The third-order valence-corrected chi connectivity index (χ3v) is 2.91. The summed E-state index contributed by atoms with van der Waals surface area (Å²) in [6.45, 7) is 6.68. The third-order valence-electron chi connectivity index (χ3n) is 1.83. The number of phosphoric ester groups is 1. The van der Waals surface area contributed by atoms with Crippen molar-refractivity contribution < 1.29 is 32.5 Å². The van der Waals surface area contributed by atoms with Crippen LogP contribution in [0, 0.1) is 0 Å². The fraction of sp³-hybridized carbons (Fsp3) is 0.727. The highest BCUT2D eigenvalue weighted by atomic mass is 31.2. The van der Waals surface area contributed by atoms with Crippen molar-refractivity contribution in [2.45, 2.75) is 20.1 Å². The lowest BCUT2D eigenvalue weighted by molar-refractivity contribution is -0.875. The van der Waals surface area contributed by atoms with Crippen LogP contribution in [0.3, 0.4) is 0 Å². The van der Waals surface area contributed by atoms with E-state index < -0.39 is 20.1 Å². The highest BCUT2D eigenvalue weighted by Gasteiger charge is 2.32. The Morgan fingerprint density at radius 3 is 2.32 bits per heavy atom. The smallest absolute Gasteiger partial charge is 0.426 e. The Bertz CT molecular complexity index is 376. The molecule has 0 spiro atoms. The van der Waals surface area contributed by atoms with Gasteiger partial charge in [0.05, 0.1) is 27.7 Å². The molecule has 19 heavy (non-hydrogen) atoms. The van der Waals surface area contributed by atoms with Crippen LogP contribution < -0.4 is 0 Å². The van der Waals surface area contributed by atoms with E-state index in [1.54, 1.807) is 6.92 Å². The minimum absolute atomic E-state index is 0.0132. The lowest BCUT2D eigenvalue weighted by Crippen LogP contribution is -2.43. The number of hydrogen-bond donors (Lipinski definition) is 1. The summed E-state index contributed by atoms with van der Waals surface area (Å²) in [7, 11) is 1.24. The van der Waals surface area contributed by atoms with Gasteiger partial charge >= 0.3 is 13.8 Å². The Morgan fingerprint density at radius 2 is 1.95 bits per heavy atom. The lowest BCUT2D eigenvalue weighted by atomic mass is 10.4. The topological polar surface area (TPSA) is 82.1 Å². The van der Waals surface area contributed by atoms with Gasteiger partial charge in [-0.15, -0.1) is 0 Å². The van der Waals surface area contributed by atoms with Gasteiger partial charge in [-0.3, -0.25) is 4.52 Å². The lowest BCUT2D eigenvalue weighted by Gasteiger charge is -2.29. The van der Waals surface area contributed by atoms with Crippen LogP contribution in [0.1, 0.15) is 13.8 Å². The number of hydrogen-bond acceptors (Lipinski definition) is 5. The van der Waals surface area contributed by atoms with Gasteiger partial charge in [-0.05, 0) is 13.8 Å². The summed E-state index contributed by atoms with van der Waals surface area (Å²) in [5.74, 6) is -0.685. The van der Waals surface area contributed by atoms with Crippen LogP contribution in [0.5, 0.6) is 0 Å². The summed E-state index contributed by atoms with van der Waals surface area (Å²) in [6.07, 6.45) is -1.19. The molecule has 0 bridgehead atoms. The second-order valence-electron chi connectivity index (χ2n) is 5.08. The number of quaternary nitrogens is 1. The summed E-state index contributed by atoms with van der Waals surface area (Å²) in [5.41, 5.74) is 0.180. The normalized spacial score (nSPS) is 16.5. The van der Waals surface area contributed by atoms with E-state index in [0.717, 1.165) is 0 Å². The minimum atomic E-state index is -4.24. The standard InChI is InChI=1S/C11H22NO6P/c1-7-16-19(14,15)18-10(8-12(4,5)6)17-11(13)9(2)3/h10H,2,7-8H2,1,3-6H3/p+1. The molecule has 112 valence electrons. The molecule has 0 amide bonds. The molecule has 0 aliphatic carbocycles. The Kier molecular flexibility index (Phi) is 6.89. The van der Waals surface area contributed by atoms with Crippen LogP contribution in [0.2, 0.25) is 0 Å². The van der Waals surface area contributed by atoms with Crippen LogP contribution in [-0.4, -0.2) is 55.9 Å². The predicted octanol–water partition coefficient (Wildman–Crippen LogP) is 1.29. The number of rotatable bonds is 8. The summed E-state index contributed by atoms with van der Waals surface area (Å²) in [5, 5.41) is 0. The molecular formula is C11H23NO6P+. The Hall–Kier alpha value is -0.720. The molecule has 7 nitrogen and oxygen atoms in total. The second-order valence-corrected chi connectivity index (χ2v) is 6.49. The zero-order valence-electron chi connectivity index (χ0n) is 12.1. The van der Waals surface area contributed by atoms with Gasteiger partial charge in [-0.2, -0.15) is 0 Å². The number of carbonyl (C=O) groups is 1. The van der Waals surface area contributed by atoms with Gasteiger partial charge in [-0.1, -0.05) is 6.58 Å². The molecule has 2 atom stereocenters. The zero-order valence-corrected chi connectivity index (χ0v) is 13.0. The maximum Gasteiger partial charge on any atom is 0.475 e. The SMILES string of the molecule is C=C(C)C(=O)OC(C[N+](C)(C)C)OP(=O)(O)OCC. The Balaban J connectivity index is 4.82. The molecule has 0 aliphatic rings. The minimum Gasteiger partial charge on any atom is -0.426 e. The first-order chi connectivity index (χ1) is 8.47. The molecule has 0 aromatic rings. The highest BCUT2D eigenvalue weighted by molar-refractivity contribution is 7.47. The van der Waals surface area contributed by atoms with Crippen molar-refractivity contribution in [3.05, 3.63) is 12.2 Å². The maximum absolute atomic E-state index is 11.6. The van der Waals surface area contributed by atoms with Gasteiger partial charge in [-0.25, -0.2) is 13.9 Å². The molecule has 8 heteroatoms. The average molecular weight is 296 g/mol. The molecule has 0 heterocycles. The molecule has 0 rings (SSSR count). The average Bonchev–Trinajstić information content (AvgIpc) is 2.12. The number of nitrogens with zero attached hydrogens (tertiary/aromatic N) is 1. The number of carbonyl (C=O) groups excluding carboxylic acids is 1. The summed E-state index contributed by atoms with van der Waals surface area (Å²) in [4.78, 5) is 20.9. The van der Waals surface area contributed by atoms with Crippen LogP contribution in [0.4, 0.5) is 0 Å². The monoisotopic (exact) mass is 296 g/mol. The van der Waals surface area contributed by atoms with Crippen LogP contribution in [0.25, 0.3) is 0 Å². The van der Waals surface area contributed by atoms with Crippen LogP contribution in [-0.2, 0) is 23.1 Å². The van der Waals surface area contributed by atoms with Gasteiger partial charge in [0.1, 0.15) is 6.54 Å². The van der Waals surface area contributed by atoms with Gasteiger partial charge in [0, 0.05) is 5.57 Å². The van der Waals surface area contributed by atoms with Gasteiger partial charge in [0.2, 0.25) is 0 Å². The van der Waals surface area contributed by atoms with E-state index in [1.165, 1.54) is 6.92 Å². The van der Waals surface area contributed by atoms with Crippen molar-refractivity contribution in [2.75, 3.05) is 34.3 Å². The maximum atomic E-state index is 11.6. The molecule has 0 radical (unpaired) electrons. The van der Waals surface area contributed by atoms with E-state index in [2.05, 4.69) is 11.1 Å². The highest BCUT2D eigenvalue weighted by Crippen LogP contribution is 2.44. The molecule has 0 fully saturated rings. The largest absolute Gasteiger partial charge is 0.475 e. The molecule has 2 unspecified atom stereocenters. The predicted molar refractivity (Wildman–Crippen MR) is 70.1 cm³/mol. The molecule has 0 aromatic carbocycles. The van der Waals surface area contributed by atoms with Crippen molar-refractivity contribution in [2.24, 2.45) is 0 Å². The van der Waals surface area contributed by atoms with E-state index in [4.69, 9.17) is 9.26 Å². The second kappa shape index (κ2) is 7.17. The molecule has 0 saturated carbocycles. The van der Waals surface area contributed by atoms with E-state index in [0.29, 0.717) is 4.48 Å². The quantitative estimate of drug-likeness (QED) is 0.239. The Morgan fingerprint density at radius 1 is 1.42 bits per heavy atom. The summed E-state index contributed by atoms with van der Waals surface area (Å²) < 4.78 is 26.4. The molecule has 0 aliphatic heterocycles. The van der Waals surface area contributed by atoms with Crippen molar-refractivity contribution in [3.63, 3.8) is 0 Å². The van der Waals surface area contributed by atoms with Gasteiger partial charge in [0.15, 0.2) is 0 Å². The first-order valence-electron chi connectivity index (χ1n) is 5.79. The fourth-order valence-electron chi connectivity index (χ4n) is 1.10. The van der Waals surface area contributed by atoms with E-state index >= 15 is 0 Å². The van der Waals surface area contributed by atoms with Gasteiger partial charge in [0.25, 0.3) is 6.29 Å². The van der Waals surface area contributed by atoms with Gasteiger partial charge < -0.3 is 14.1 Å². The zero-order chi connectivity index (χ0) is 15.3. The molecular weight excluding hydrogens is 273 g/mol. The molecule has 1 N–H and O–H groups in total. The first-order valence-corrected chi connectivity index (χ1v) is 7.29. The number of phosphoric acid groups is 1. The number of esters is 1. The third kappa shape index (κ3) is 8.91. The Labute approximate surface area is 114 Å². The number of ether oxygens (including phenoxy) is 1. The van der Waals surface area contributed by atoms with Crippen LogP contribution in [0.15, 0.2) is 12.2 Å². The van der Waals surface area contributed by atoms with E-state index in [-0.39, 0.29) is 18.7 Å². The van der Waals surface area contributed by atoms with E-state index in [1.807, 2.05) is 21.1 Å². The van der Waals surface area contributed by atoms with Crippen molar-refractivity contribution in [1.29, 1.82) is 0 Å². The van der Waals surface area contributed by atoms with E-state index in [9.17, 15) is 14.3 Å². The molecule has 0 aromatic heterocycles. The van der Waals surface area contributed by atoms with Crippen molar-refractivity contribution in [1.82, 2.24) is 0 Å². The van der Waals surface area contributed by atoms with Crippen LogP contribution >= 0.6 is 7.82 Å². The van der Waals surface area contributed by atoms with Crippen molar-refractivity contribution >= 4 is 13.8 Å².